The van der Waals surface area contributed by atoms with E-state index < -0.39 is 0 Å². The van der Waals surface area contributed by atoms with Crippen LogP contribution in [0.15, 0.2) is 30.3 Å². The van der Waals surface area contributed by atoms with E-state index in [1.807, 2.05) is 0 Å². The average molecular weight is 234 g/mol. The lowest BCUT2D eigenvalue weighted by atomic mass is 10.0. The van der Waals surface area contributed by atoms with Crippen LogP contribution in [-0.2, 0) is 0 Å². The third-order valence-electron chi connectivity index (χ3n) is 3.62. The number of rotatable bonds is 1. The number of hydrogen-bond acceptors (Lipinski definition) is 3. The highest BCUT2D eigenvalue weighted by Gasteiger charge is 2.37. The molecule has 16 heavy (non-hydrogen) atoms. The van der Waals surface area contributed by atoms with E-state index in [9.17, 15) is 0 Å². The van der Waals surface area contributed by atoms with E-state index in [0.717, 1.165) is 0 Å². The van der Waals surface area contributed by atoms with Crippen LogP contribution in [0.1, 0.15) is 12.8 Å². The zero-order chi connectivity index (χ0) is 10.8. The fourth-order valence-electron chi connectivity index (χ4n) is 2.66. The second-order valence-electron chi connectivity index (χ2n) is 4.59. The molecule has 0 aliphatic carbocycles. The van der Waals surface area contributed by atoms with Crippen LogP contribution in [0.3, 0.4) is 0 Å². The van der Waals surface area contributed by atoms with E-state index in [0.29, 0.717) is 4.87 Å². The van der Waals surface area contributed by atoms with Crippen molar-refractivity contribution in [2.45, 2.75) is 17.7 Å². The van der Waals surface area contributed by atoms with Crippen LogP contribution in [0.5, 0.6) is 0 Å². The number of nitrogens with zero attached hydrogens (tertiary/aromatic N) is 1. The zero-order valence-electron chi connectivity index (χ0n) is 9.48. The van der Waals surface area contributed by atoms with Gasteiger partial charge in [0.2, 0.25) is 0 Å². The molecule has 0 saturated carbocycles. The molecular weight excluding hydrogens is 216 g/mol. The molecule has 2 saturated heterocycles. The molecule has 3 rings (SSSR count). The lowest BCUT2D eigenvalue weighted by Crippen LogP contribution is -2.48. The van der Waals surface area contributed by atoms with Crippen molar-refractivity contribution in [1.82, 2.24) is 5.32 Å². The summed E-state index contributed by atoms with van der Waals surface area (Å²) in [5.74, 6) is 1.28. The molecule has 1 aromatic carbocycles. The van der Waals surface area contributed by atoms with Crippen molar-refractivity contribution >= 4 is 17.4 Å². The Bertz CT molecular complexity index is 336. The summed E-state index contributed by atoms with van der Waals surface area (Å²) in [5, 5.41) is 3.68. The first-order chi connectivity index (χ1) is 7.88. The maximum absolute atomic E-state index is 3.68. The quantitative estimate of drug-likeness (QED) is 0.803. The number of thioether (sulfide) groups is 1. The molecule has 2 aliphatic rings. The molecule has 1 aromatic rings. The molecule has 0 atom stereocenters. The summed E-state index contributed by atoms with van der Waals surface area (Å²) in [6, 6.07) is 10.8. The second kappa shape index (κ2) is 4.30. The zero-order valence-corrected chi connectivity index (χ0v) is 10.3. The van der Waals surface area contributed by atoms with Crippen LogP contribution in [0.4, 0.5) is 5.69 Å². The maximum atomic E-state index is 3.68. The van der Waals surface area contributed by atoms with Crippen LogP contribution in [0.2, 0.25) is 0 Å². The van der Waals surface area contributed by atoms with Gasteiger partial charge in [-0.3, -0.25) is 0 Å². The van der Waals surface area contributed by atoms with Gasteiger partial charge in [0.15, 0.2) is 0 Å². The molecule has 1 N–H and O–H groups in total. The molecule has 2 fully saturated rings. The number of benzene rings is 1. The molecule has 0 amide bonds. The summed E-state index contributed by atoms with van der Waals surface area (Å²) in [7, 11) is 0. The Morgan fingerprint density at radius 2 is 1.88 bits per heavy atom. The normalized spacial score (nSPS) is 23.9. The highest BCUT2D eigenvalue weighted by molar-refractivity contribution is 8.00. The molecular formula is C13H18N2S. The van der Waals surface area contributed by atoms with Crippen molar-refractivity contribution in [2.75, 3.05) is 30.3 Å². The second-order valence-corrected chi connectivity index (χ2v) is 6.07. The van der Waals surface area contributed by atoms with Gasteiger partial charge >= 0.3 is 0 Å². The molecule has 86 valence electrons. The van der Waals surface area contributed by atoms with Crippen LogP contribution in [0.25, 0.3) is 0 Å². The van der Waals surface area contributed by atoms with Gasteiger partial charge in [-0.2, -0.15) is 0 Å². The molecule has 0 aromatic heterocycles. The van der Waals surface area contributed by atoms with E-state index in [2.05, 4.69) is 52.3 Å². The summed E-state index contributed by atoms with van der Waals surface area (Å²) < 4.78 is 0. The van der Waals surface area contributed by atoms with Gasteiger partial charge in [0, 0.05) is 31.1 Å². The molecule has 0 radical (unpaired) electrons. The van der Waals surface area contributed by atoms with E-state index in [1.54, 1.807) is 0 Å². The number of piperidine rings is 1. The number of para-hydroxylation sites is 1. The van der Waals surface area contributed by atoms with Crippen LogP contribution < -0.4 is 10.2 Å². The number of hydrogen-bond donors (Lipinski definition) is 1. The van der Waals surface area contributed by atoms with E-state index >= 15 is 0 Å². The van der Waals surface area contributed by atoms with Crippen LogP contribution in [0, 0.1) is 0 Å². The lowest BCUT2D eigenvalue weighted by Gasteiger charge is -2.39. The Balaban J connectivity index is 1.66. The summed E-state index contributed by atoms with van der Waals surface area (Å²) in [6.07, 6.45) is 2.54. The van der Waals surface area contributed by atoms with Crippen molar-refractivity contribution in [3.63, 3.8) is 0 Å². The van der Waals surface area contributed by atoms with Gasteiger partial charge in [-0.25, -0.2) is 0 Å². The van der Waals surface area contributed by atoms with Crippen molar-refractivity contribution < 1.29 is 0 Å². The minimum Gasteiger partial charge on any atom is -0.371 e. The van der Waals surface area contributed by atoms with Crippen molar-refractivity contribution in [3.05, 3.63) is 30.3 Å². The molecule has 3 heteroatoms. The number of nitrogens with one attached hydrogen (secondary N) is 1. The minimum absolute atomic E-state index is 0.408. The Morgan fingerprint density at radius 3 is 2.50 bits per heavy atom. The Morgan fingerprint density at radius 1 is 1.12 bits per heavy atom. The lowest BCUT2D eigenvalue weighted by molar-refractivity contribution is 0.399. The first kappa shape index (κ1) is 10.5. The van der Waals surface area contributed by atoms with Gasteiger partial charge < -0.3 is 10.2 Å². The monoisotopic (exact) mass is 234 g/mol. The molecule has 2 heterocycles. The smallest absolute Gasteiger partial charge is 0.0679 e. The molecule has 2 aliphatic heterocycles. The summed E-state index contributed by atoms with van der Waals surface area (Å²) in [5.41, 5.74) is 1.38. The standard InChI is InChI=1S/C13H18N2S/c1-2-4-12(5-3-1)15-9-6-13(7-10-15)14-8-11-16-13/h1-5,14H,6-11H2. The first-order valence-electron chi connectivity index (χ1n) is 6.07. The van der Waals surface area contributed by atoms with Gasteiger partial charge in [0.25, 0.3) is 0 Å². The van der Waals surface area contributed by atoms with Gasteiger partial charge in [-0.05, 0) is 25.0 Å². The molecule has 1 spiro atoms. The minimum atomic E-state index is 0.408. The third-order valence-corrected chi connectivity index (χ3v) is 5.13. The van der Waals surface area contributed by atoms with E-state index in [1.165, 1.54) is 43.9 Å². The Hall–Kier alpha value is -0.670. The molecule has 0 unspecified atom stereocenters. The summed E-state index contributed by atoms with van der Waals surface area (Å²) in [6.45, 7) is 3.56. The Labute approximate surface area is 101 Å². The van der Waals surface area contributed by atoms with Crippen molar-refractivity contribution in [1.29, 1.82) is 0 Å². The Kier molecular flexibility index (Phi) is 2.82. The van der Waals surface area contributed by atoms with E-state index in [4.69, 9.17) is 0 Å². The third kappa shape index (κ3) is 1.94. The molecule has 2 nitrogen and oxygen atoms in total. The van der Waals surface area contributed by atoms with E-state index in [-0.39, 0.29) is 0 Å². The number of anilines is 1. The van der Waals surface area contributed by atoms with Gasteiger partial charge in [-0.15, -0.1) is 11.8 Å². The summed E-state index contributed by atoms with van der Waals surface area (Å²) in [4.78, 5) is 2.91. The van der Waals surface area contributed by atoms with Crippen LogP contribution >= 0.6 is 11.8 Å². The molecule has 0 bridgehead atoms. The average Bonchev–Trinajstić information content (AvgIpc) is 2.80. The highest BCUT2D eigenvalue weighted by atomic mass is 32.2. The largest absolute Gasteiger partial charge is 0.371 e. The SMILES string of the molecule is c1ccc(N2CCC3(CC2)NCCS3)cc1. The fourth-order valence-corrected chi connectivity index (χ4v) is 3.93. The predicted molar refractivity (Wildman–Crippen MR) is 71.1 cm³/mol. The highest BCUT2D eigenvalue weighted by Crippen LogP contribution is 2.37. The van der Waals surface area contributed by atoms with Crippen molar-refractivity contribution in [3.8, 4) is 0 Å². The van der Waals surface area contributed by atoms with Crippen LogP contribution in [-0.4, -0.2) is 30.3 Å². The van der Waals surface area contributed by atoms with Gasteiger partial charge in [0.1, 0.15) is 0 Å². The topological polar surface area (TPSA) is 15.3 Å². The van der Waals surface area contributed by atoms with Gasteiger partial charge in [0.05, 0.1) is 4.87 Å². The first-order valence-corrected chi connectivity index (χ1v) is 7.06. The van der Waals surface area contributed by atoms with Gasteiger partial charge in [-0.1, -0.05) is 18.2 Å². The summed E-state index contributed by atoms with van der Waals surface area (Å²) >= 11 is 2.13. The predicted octanol–water partition coefficient (Wildman–Crippen LogP) is 2.32. The van der Waals surface area contributed by atoms with Crippen molar-refractivity contribution in [2.24, 2.45) is 0 Å². The maximum Gasteiger partial charge on any atom is 0.0679 e. The fraction of sp³-hybridized carbons (Fsp3) is 0.538.